The third-order valence-corrected chi connectivity index (χ3v) is 5.65. The van der Waals surface area contributed by atoms with Gasteiger partial charge in [-0.1, -0.05) is 59.7 Å². The highest BCUT2D eigenvalue weighted by molar-refractivity contribution is 5.84. The van der Waals surface area contributed by atoms with Crippen LogP contribution in [0.3, 0.4) is 0 Å². The van der Waals surface area contributed by atoms with Gasteiger partial charge in [-0.3, -0.25) is 19.5 Å². The minimum Gasteiger partial charge on any atom is -0.443 e. The van der Waals surface area contributed by atoms with Crippen LogP contribution in [0.15, 0.2) is 66.9 Å². The van der Waals surface area contributed by atoms with Crippen LogP contribution in [0.25, 0.3) is 0 Å². The van der Waals surface area contributed by atoms with Gasteiger partial charge in [0.15, 0.2) is 0 Å². The van der Waals surface area contributed by atoms with E-state index in [9.17, 15) is 9.59 Å². The highest BCUT2D eigenvalue weighted by Crippen LogP contribution is 2.28. The Balaban J connectivity index is 2.09. The number of carbonyl (C=O) groups is 2. The van der Waals surface area contributed by atoms with Crippen molar-refractivity contribution >= 4 is 12.0 Å². The third-order valence-electron chi connectivity index (χ3n) is 5.65. The first-order valence-electron chi connectivity index (χ1n) is 11.6. The zero-order valence-electron chi connectivity index (χ0n) is 21.5. The summed E-state index contributed by atoms with van der Waals surface area (Å²) in [6.07, 6.45) is 1.05. The summed E-state index contributed by atoms with van der Waals surface area (Å²) in [7, 11) is 2.98. The predicted molar refractivity (Wildman–Crippen MR) is 136 cm³/mol. The van der Waals surface area contributed by atoms with Gasteiger partial charge in [0.25, 0.3) is 5.91 Å². The number of benzene rings is 2. The molecule has 1 amide bonds. The molecule has 0 aliphatic heterocycles. The number of hydroxylamine groups is 2. The van der Waals surface area contributed by atoms with Crippen molar-refractivity contribution in [2.24, 2.45) is 0 Å². The van der Waals surface area contributed by atoms with E-state index in [1.165, 1.54) is 11.7 Å². The minimum atomic E-state index is -0.893. The molecule has 7 heteroatoms. The van der Waals surface area contributed by atoms with Gasteiger partial charge in [-0.15, -0.1) is 0 Å². The molecule has 3 aromatic rings. The van der Waals surface area contributed by atoms with Crippen molar-refractivity contribution in [1.82, 2.24) is 14.9 Å². The molecule has 0 spiro atoms. The lowest BCUT2D eigenvalue weighted by molar-refractivity contribution is -0.171. The van der Waals surface area contributed by atoms with Crippen LogP contribution in [-0.4, -0.2) is 41.4 Å². The summed E-state index contributed by atoms with van der Waals surface area (Å²) in [5, 5.41) is 4.66. The van der Waals surface area contributed by atoms with E-state index in [0.717, 1.165) is 27.3 Å². The van der Waals surface area contributed by atoms with Gasteiger partial charge in [0.05, 0.1) is 18.8 Å². The van der Waals surface area contributed by atoms with Crippen LogP contribution in [0.5, 0.6) is 0 Å². The smallest absolute Gasteiger partial charge is 0.418 e. The Morgan fingerprint density at radius 2 is 1.43 bits per heavy atom. The molecule has 0 aliphatic carbocycles. The summed E-state index contributed by atoms with van der Waals surface area (Å²) in [4.78, 5) is 31.7. The second kappa shape index (κ2) is 10.9. The molecule has 1 unspecified atom stereocenters. The Morgan fingerprint density at radius 1 is 0.914 bits per heavy atom. The molecule has 2 aromatic carbocycles. The number of ether oxygens (including phenoxy) is 1. The van der Waals surface area contributed by atoms with E-state index in [0.29, 0.717) is 5.69 Å². The molecule has 0 saturated heterocycles. The number of carbonyl (C=O) groups excluding carboxylic acids is 2. The number of likely N-dealkylation sites (N-methyl/N-ethyl adjacent to an activating group) is 1. The van der Waals surface area contributed by atoms with Crippen LogP contribution >= 0.6 is 0 Å². The van der Waals surface area contributed by atoms with E-state index in [4.69, 9.17) is 9.57 Å². The second-order valence-corrected chi connectivity index (χ2v) is 9.66. The fourth-order valence-corrected chi connectivity index (χ4v) is 3.73. The lowest BCUT2D eigenvalue weighted by atomic mass is 9.95. The molecule has 0 saturated carbocycles. The molecule has 7 nitrogen and oxygen atoms in total. The molecule has 1 N–H and O–H groups in total. The second-order valence-electron chi connectivity index (χ2n) is 9.66. The quantitative estimate of drug-likeness (QED) is 0.466. The van der Waals surface area contributed by atoms with Gasteiger partial charge < -0.3 is 4.74 Å². The molecule has 0 radical (unpaired) electrons. The van der Waals surface area contributed by atoms with Gasteiger partial charge in [0.2, 0.25) is 0 Å². The largest absolute Gasteiger partial charge is 0.443 e. The van der Waals surface area contributed by atoms with Crippen molar-refractivity contribution in [1.29, 1.82) is 0 Å². The Morgan fingerprint density at radius 3 is 1.89 bits per heavy atom. The number of aryl methyl sites for hydroxylation is 2. The topological polar surface area (TPSA) is 72.8 Å². The molecule has 35 heavy (non-hydrogen) atoms. The van der Waals surface area contributed by atoms with Gasteiger partial charge in [-0.05, 0) is 57.9 Å². The molecular formula is C28H35N3O4. The summed E-state index contributed by atoms with van der Waals surface area (Å²) < 4.78 is 6.95. The normalized spacial score (nSPS) is 12.5. The van der Waals surface area contributed by atoms with E-state index in [1.807, 2.05) is 62.4 Å². The van der Waals surface area contributed by atoms with Crippen molar-refractivity contribution < 1.29 is 19.2 Å². The number of rotatable bonds is 7. The number of nitrogens with zero attached hydrogens (tertiary/aromatic N) is 2. The van der Waals surface area contributed by atoms with Crippen LogP contribution in [-0.2, 0) is 14.4 Å². The van der Waals surface area contributed by atoms with Crippen LogP contribution < -0.4 is 5.32 Å². The monoisotopic (exact) mass is 477 g/mol. The minimum absolute atomic E-state index is 0.322. The highest BCUT2D eigenvalue weighted by Gasteiger charge is 2.32. The summed E-state index contributed by atoms with van der Waals surface area (Å²) in [5.74, 6) is -0.347. The first kappa shape index (κ1) is 26.2. The van der Waals surface area contributed by atoms with Crippen molar-refractivity contribution in [3.8, 4) is 0 Å². The van der Waals surface area contributed by atoms with E-state index >= 15 is 0 Å². The van der Waals surface area contributed by atoms with E-state index in [2.05, 4.69) is 5.32 Å². The summed E-state index contributed by atoms with van der Waals surface area (Å²) in [6, 6.07) is 18.6. The third kappa shape index (κ3) is 6.59. The van der Waals surface area contributed by atoms with Crippen LogP contribution in [0, 0.1) is 13.8 Å². The number of hydrogen-bond acceptors (Lipinski definition) is 5. The zero-order valence-corrected chi connectivity index (χ0v) is 21.5. The van der Waals surface area contributed by atoms with Crippen molar-refractivity contribution in [3.05, 3.63) is 94.8 Å². The number of amides is 1. The summed E-state index contributed by atoms with van der Waals surface area (Å²) in [6.45, 7) is 9.48. The van der Waals surface area contributed by atoms with Crippen molar-refractivity contribution in [2.75, 3.05) is 14.2 Å². The number of hydrogen-bond donors (Lipinski definition) is 1. The maximum Gasteiger partial charge on any atom is 0.418 e. The van der Waals surface area contributed by atoms with Gasteiger partial charge >= 0.3 is 6.09 Å². The first-order valence-corrected chi connectivity index (χ1v) is 11.6. The predicted octanol–water partition coefficient (Wildman–Crippen LogP) is 5.33. The summed E-state index contributed by atoms with van der Waals surface area (Å²) in [5.41, 5.74) is 4.04. The van der Waals surface area contributed by atoms with Crippen molar-refractivity contribution in [3.63, 3.8) is 0 Å². The molecule has 1 atom stereocenters. The summed E-state index contributed by atoms with van der Waals surface area (Å²) >= 11 is 0. The Labute approximate surface area is 207 Å². The van der Waals surface area contributed by atoms with E-state index in [1.54, 1.807) is 46.1 Å². The molecule has 0 fully saturated rings. The molecular weight excluding hydrogens is 442 g/mol. The first-order chi connectivity index (χ1) is 16.5. The molecule has 3 rings (SSSR count). The molecule has 186 valence electrons. The average molecular weight is 478 g/mol. The zero-order chi connectivity index (χ0) is 25.8. The molecule has 0 aliphatic rings. The number of nitrogens with one attached hydrogen (secondary N) is 1. The van der Waals surface area contributed by atoms with Gasteiger partial charge in [0.1, 0.15) is 11.6 Å². The lowest BCUT2D eigenvalue weighted by Gasteiger charge is -2.29. The maximum absolute atomic E-state index is 13.5. The standard InChI is InChI=1S/C28H35N3O4/c1-19-10-14-21(15-11-19)24(22-16-12-20(2)13-17-22)29-25(26(32)30(6)34-7)23-9-8-18-31(23)27(33)35-28(3,4)5/h8-18,24-25,29H,1-7H3. The van der Waals surface area contributed by atoms with Gasteiger partial charge in [-0.25, -0.2) is 9.86 Å². The Kier molecular flexibility index (Phi) is 8.14. The molecule has 0 bridgehead atoms. The highest BCUT2D eigenvalue weighted by atomic mass is 16.7. The van der Waals surface area contributed by atoms with E-state index in [-0.39, 0.29) is 11.9 Å². The van der Waals surface area contributed by atoms with Crippen LogP contribution in [0.2, 0.25) is 0 Å². The van der Waals surface area contributed by atoms with Crippen molar-refractivity contribution in [2.45, 2.75) is 52.3 Å². The fourth-order valence-electron chi connectivity index (χ4n) is 3.73. The maximum atomic E-state index is 13.5. The fraction of sp³-hybridized carbons (Fsp3) is 0.357. The van der Waals surface area contributed by atoms with Crippen LogP contribution in [0.4, 0.5) is 4.79 Å². The Bertz CT molecular complexity index is 1100. The van der Waals surface area contributed by atoms with Gasteiger partial charge in [0, 0.05) is 13.2 Å². The van der Waals surface area contributed by atoms with Gasteiger partial charge in [-0.2, -0.15) is 0 Å². The number of aromatic nitrogens is 1. The lowest BCUT2D eigenvalue weighted by Crippen LogP contribution is -2.42. The average Bonchev–Trinajstić information content (AvgIpc) is 3.29. The Hall–Kier alpha value is -3.42. The van der Waals surface area contributed by atoms with E-state index < -0.39 is 17.7 Å². The van der Waals surface area contributed by atoms with Crippen LogP contribution in [0.1, 0.15) is 60.8 Å². The molecule has 1 aromatic heterocycles. The SMILES string of the molecule is CON(C)C(=O)C(NC(c1ccc(C)cc1)c1ccc(C)cc1)c1cccn1C(=O)OC(C)(C)C. The molecule has 1 heterocycles.